The van der Waals surface area contributed by atoms with Crippen LogP contribution in [0.15, 0.2) is 30.5 Å². The second-order valence-corrected chi connectivity index (χ2v) is 6.34. The monoisotopic (exact) mass is 324 g/mol. The highest BCUT2D eigenvalue weighted by Crippen LogP contribution is 2.31. The van der Waals surface area contributed by atoms with Crippen molar-refractivity contribution in [3.63, 3.8) is 0 Å². The van der Waals surface area contributed by atoms with Gasteiger partial charge in [-0.1, -0.05) is 6.07 Å². The first-order valence-corrected chi connectivity index (χ1v) is 8.17. The van der Waals surface area contributed by atoms with Crippen molar-refractivity contribution in [3.05, 3.63) is 30.5 Å². The zero-order valence-corrected chi connectivity index (χ0v) is 13.2. The molecule has 2 unspecified atom stereocenters. The normalized spacial score (nSPS) is 20.5. The molecule has 1 saturated carbocycles. The Balaban J connectivity index is 1.68. The summed E-state index contributed by atoms with van der Waals surface area (Å²) in [5, 5.41) is 20.7. The topological polar surface area (TPSA) is 113 Å². The van der Waals surface area contributed by atoms with Crippen LogP contribution in [0.25, 0.3) is 22.2 Å². The maximum atomic E-state index is 9.31. The van der Waals surface area contributed by atoms with E-state index in [0.29, 0.717) is 12.0 Å². The number of nitrogens with zero attached hydrogens (tertiary/aromatic N) is 3. The number of aromatic nitrogens is 4. The van der Waals surface area contributed by atoms with Gasteiger partial charge in [0.25, 0.3) is 0 Å². The van der Waals surface area contributed by atoms with Gasteiger partial charge >= 0.3 is 0 Å². The number of anilines is 2. The van der Waals surface area contributed by atoms with Crippen LogP contribution in [-0.2, 0) is 0 Å². The average molecular weight is 324 g/mol. The fourth-order valence-corrected chi connectivity index (χ4v) is 3.41. The molecule has 2 aromatic heterocycles. The molecule has 0 bridgehead atoms. The fourth-order valence-electron chi connectivity index (χ4n) is 3.41. The van der Waals surface area contributed by atoms with Gasteiger partial charge in [-0.15, -0.1) is 0 Å². The summed E-state index contributed by atoms with van der Waals surface area (Å²) in [7, 11) is 0. The maximum Gasteiger partial charge on any atom is 0.222 e. The van der Waals surface area contributed by atoms with Gasteiger partial charge in [0.2, 0.25) is 5.95 Å². The minimum atomic E-state index is 0.248. The Labute approximate surface area is 139 Å². The number of hydrogen-bond acceptors (Lipinski definition) is 6. The molecule has 0 aliphatic heterocycles. The van der Waals surface area contributed by atoms with Crippen molar-refractivity contribution in [2.24, 2.45) is 5.92 Å². The summed E-state index contributed by atoms with van der Waals surface area (Å²) >= 11 is 0. The smallest absolute Gasteiger partial charge is 0.222 e. The zero-order valence-electron chi connectivity index (χ0n) is 13.2. The minimum absolute atomic E-state index is 0.248. The Hall–Kier alpha value is -2.67. The molecule has 1 aliphatic carbocycles. The first-order valence-electron chi connectivity index (χ1n) is 8.17. The highest BCUT2D eigenvalue weighted by atomic mass is 16.3. The van der Waals surface area contributed by atoms with E-state index in [1.54, 1.807) is 6.20 Å². The molecule has 2 atom stereocenters. The average Bonchev–Trinajstić information content (AvgIpc) is 3.25. The van der Waals surface area contributed by atoms with Crippen molar-refractivity contribution in [2.75, 3.05) is 17.7 Å². The van der Waals surface area contributed by atoms with Crippen LogP contribution in [0.5, 0.6) is 0 Å². The summed E-state index contributed by atoms with van der Waals surface area (Å²) in [6, 6.07) is 8.24. The Bertz CT molecular complexity index is 848. The lowest BCUT2D eigenvalue weighted by atomic mass is 10.1. The fraction of sp³-hybridized carbons (Fsp3) is 0.353. The molecule has 24 heavy (non-hydrogen) atoms. The van der Waals surface area contributed by atoms with E-state index in [9.17, 15) is 5.11 Å². The molecular formula is C17H20N6O. The molecule has 124 valence electrons. The van der Waals surface area contributed by atoms with Gasteiger partial charge in [0.05, 0.1) is 11.2 Å². The standard InChI is InChI=1S/C17H20N6O/c18-17-21-15-8-11(14-5-6-19-23-14)2-4-13(15)16(22-17)20-12-3-1-10(7-12)9-24/h2,4-6,8,10,12,24H,1,3,7,9H2,(H,19,23)(H3,18,20,21,22). The molecule has 0 saturated heterocycles. The third-order valence-corrected chi connectivity index (χ3v) is 4.67. The Kier molecular flexibility index (Phi) is 3.78. The van der Waals surface area contributed by atoms with Crippen molar-refractivity contribution < 1.29 is 5.11 Å². The Morgan fingerprint density at radius 1 is 1.25 bits per heavy atom. The van der Waals surface area contributed by atoms with Gasteiger partial charge in [0, 0.05) is 29.8 Å². The molecule has 1 fully saturated rings. The van der Waals surface area contributed by atoms with Crippen molar-refractivity contribution in [1.29, 1.82) is 0 Å². The van der Waals surface area contributed by atoms with Crippen molar-refractivity contribution in [1.82, 2.24) is 20.2 Å². The van der Waals surface area contributed by atoms with Crippen LogP contribution in [0, 0.1) is 5.92 Å². The van der Waals surface area contributed by atoms with Crippen molar-refractivity contribution in [3.8, 4) is 11.3 Å². The number of fused-ring (bicyclic) bond motifs is 1. The van der Waals surface area contributed by atoms with Gasteiger partial charge < -0.3 is 16.2 Å². The molecule has 1 aromatic carbocycles. The first-order chi connectivity index (χ1) is 11.7. The predicted octanol–water partition coefficient (Wildman–Crippen LogP) is 2.17. The van der Waals surface area contributed by atoms with Crippen LogP contribution in [0.4, 0.5) is 11.8 Å². The number of aliphatic hydroxyl groups is 1. The van der Waals surface area contributed by atoms with Gasteiger partial charge in [0.1, 0.15) is 5.82 Å². The van der Waals surface area contributed by atoms with E-state index in [1.165, 1.54) is 0 Å². The summed E-state index contributed by atoms with van der Waals surface area (Å²) in [5.41, 5.74) is 8.64. The number of nitrogen functional groups attached to an aromatic ring is 1. The lowest BCUT2D eigenvalue weighted by Gasteiger charge is -2.16. The van der Waals surface area contributed by atoms with Gasteiger partial charge in [-0.2, -0.15) is 10.1 Å². The zero-order chi connectivity index (χ0) is 16.5. The first kappa shape index (κ1) is 14.9. The molecular weight excluding hydrogens is 304 g/mol. The van der Waals surface area contributed by atoms with E-state index < -0.39 is 0 Å². The number of nitrogens with one attached hydrogen (secondary N) is 2. The molecule has 3 aromatic rings. The van der Waals surface area contributed by atoms with E-state index in [4.69, 9.17) is 5.73 Å². The highest BCUT2D eigenvalue weighted by Gasteiger charge is 2.24. The molecule has 5 N–H and O–H groups in total. The van der Waals surface area contributed by atoms with Crippen LogP contribution < -0.4 is 11.1 Å². The SMILES string of the molecule is Nc1nc(NC2CCC(CO)C2)c2ccc(-c3ccn[nH]3)cc2n1. The van der Waals surface area contributed by atoms with Crippen LogP contribution in [0.2, 0.25) is 0 Å². The van der Waals surface area contributed by atoms with Crippen LogP contribution in [0.1, 0.15) is 19.3 Å². The van der Waals surface area contributed by atoms with Crippen molar-refractivity contribution >= 4 is 22.7 Å². The highest BCUT2D eigenvalue weighted by molar-refractivity contribution is 5.92. The van der Waals surface area contributed by atoms with E-state index in [0.717, 1.165) is 47.2 Å². The van der Waals surface area contributed by atoms with Gasteiger partial charge in [-0.25, -0.2) is 4.98 Å². The number of nitrogens with two attached hydrogens (primary N) is 1. The summed E-state index contributed by atoms with van der Waals surface area (Å²) < 4.78 is 0. The number of H-pyrrole nitrogens is 1. The molecule has 7 nitrogen and oxygen atoms in total. The molecule has 0 spiro atoms. The van der Waals surface area contributed by atoms with E-state index in [-0.39, 0.29) is 12.6 Å². The number of benzene rings is 1. The molecule has 0 radical (unpaired) electrons. The molecule has 0 amide bonds. The number of aromatic amines is 1. The quantitative estimate of drug-likeness (QED) is 0.585. The van der Waals surface area contributed by atoms with Crippen LogP contribution in [-0.4, -0.2) is 37.9 Å². The third-order valence-electron chi connectivity index (χ3n) is 4.67. The molecule has 1 aliphatic rings. The largest absolute Gasteiger partial charge is 0.396 e. The second-order valence-electron chi connectivity index (χ2n) is 6.34. The summed E-state index contributed by atoms with van der Waals surface area (Å²) in [4.78, 5) is 8.75. The van der Waals surface area contributed by atoms with Gasteiger partial charge in [-0.05, 0) is 43.4 Å². The van der Waals surface area contributed by atoms with E-state index in [1.807, 2.05) is 24.3 Å². The van der Waals surface area contributed by atoms with Crippen molar-refractivity contribution in [2.45, 2.75) is 25.3 Å². The molecule has 2 heterocycles. The summed E-state index contributed by atoms with van der Waals surface area (Å²) in [6.07, 6.45) is 4.74. The Morgan fingerprint density at radius 3 is 2.92 bits per heavy atom. The van der Waals surface area contributed by atoms with E-state index in [2.05, 4.69) is 25.5 Å². The summed E-state index contributed by atoms with van der Waals surface area (Å²) in [6.45, 7) is 0.248. The van der Waals surface area contributed by atoms with Gasteiger partial charge in [0.15, 0.2) is 0 Å². The van der Waals surface area contributed by atoms with Gasteiger partial charge in [-0.3, -0.25) is 5.10 Å². The number of aliphatic hydroxyl groups excluding tert-OH is 1. The maximum absolute atomic E-state index is 9.31. The number of rotatable bonds is 4. The molecule has 7 heteroatoms. The lowest BCUT2D eigenvalue weighted by molar-refractivity contribution is 0.229. The van der Waals surface area contributed by atoms with Crippen LogP contribution >= 0.6 is 0 Å². The molecule has 4 rings (SSSR count). The third kappa shape index (κ3) is 2.78. The lowest BCUT2D eigenvalue weighted by Crippen LogP contribution is -2.18. The van der Waals surface area contributed by atoms with Crippen LogP contribution in [0.3, 0.4) is 0 Å². The van der Waals surface area contributed by atoms with E-state index >= 15 is 0 Å². The summed E-state index contributed by atoms with van der Waals surface area (Å²) in [5.74, 6) is 1.39. The minimum Gasteiger partial charge on any atom is -0.396 e. The number of hydrogen-bond donors (Lipinski definition) is 4. The predicted molar refractivity (Wildman–Crippen MR) is 93.4 cm³/mol. The Morgan fingerprint density at radius 2 is 2.17 bits per heavy atom. The second kappa shape index (κ2) is 6.09.